The fourth-order valence-electron chi connectivity index (χ4n) is 3.80. The lowest BCUT2D eigenvalue weighted by Crippen LogP contribution is -2.42. The average molecular weight is 415 g/mol. The summed E-state index contributed by atoms with van der Waals surface area (Å²) in [4.78, 5) is 49.1. The molecule has 29 heavy (non-hydrogen) atoms. The van der Waals surface area contributed by atoms with Crippen LogP contribution in [0.5, 0.6) is 0 Å². The molecule has 0 bridgehead atoms. The van der Waals surface area contributed by atoms with Gasteiger partial charge in [-0.1, -0.05) is 6.92 Å². The highest BCUT2D eigenvalue weighted by Crippen LogP contribution is 2.33. The zero-order valence-corrected chi connectivity index (χ0v) is 16.6. The van der Waals surface area contributed by atoms with Crippen LogP contribution in [0.15, 0.2) is 23.1 Å². The first kappa shape index (κ1) is 19.2. The molecule has 152 valence electrons. The molecule has 5 N–H and O–H groups in total. The van der Waals surface area contributed by atoms with Crippen LogP contribution < -0.4 is 11.3 Å². The number of aromatic nitrogens is 3. The van der Waals surface area contributed by atoms with Crippen LogP contribution in [0, 0.1) is 5.92 Å². The molecule has 0 aromatic carbocycles. The van der Waals surface area contributed by atoms with Gasteiger partial charge in [0.25, 0.3) is 11.5 Å². The number of nitrogens with one attached hydrogen (secondary N) is 2. The summed E-state index contributed by atoms with van der Waals surface area (Å²) in [5.74, 6) is -1.60. The van der Waals surface area contributed by atoms with E-state index in [0.717, 1.165) is 10.4 Å². The standard InChI is InChI=1S/C19H21N5O4S/c1-9(11-7-21-15-14(11)16(25)23-19(20)22-15)12-4-5-13(29-12)17(26)24-6-2-3-10(8-24)18(27)28/h4-5,7,9-10H,2-3,6,8H2,1H3,(H,27,28)(H4,20,21,22,23,25). The molecule has 0 aliphatic carbocycles. The SMILES string of the molecule is CC(c1ccc(C(=O)N2CCCC(C(=O)O)C2)s1)c1c[nH]c2nc(N)[nH]c(=O)c12. The molecule has 1 aliphatic rings. The van der Waals surface area contributed by atoms with Gasteiger partial charge in [0.05, 0.1) is 16.2 Å². The molecular formula is C19H21N5O4S. The number of carbonyl (C=O) groups is 2. The molecule has 0 radical (unpaired) electrons. The third kappa shape index (κ3) is 3.51. The van der Waals surface area contributed by atoms with E-state index in [1.807, 2.05) is 13.0 Å². The Morgan fingerprint density at radius 2 is 2.21 bits per heavy atom. The molecular weight excluding hydrogens is 394 g/mol. The van der Waals surface area contributed by atoms with E-state index in [4.69, 9.17) is 5.73 Å². The van der Waals surface area contributed by atoms with Crippen molar-refractivity contribution in [3.05, 3.63) is 44.0 Å². The van der Waals surface area contributed by atoms with E-state index >= 15 is 0 Å². The minimum Gasteiger partial charge on any atom is -0.481 e. The van der Waals surface area contributed by atoms with Crippen molar-refractivity contribution in [2.24, 2.45) is 5.92 Å². The molecule has 3 aromatic heterocycles. The second-order valence-electron chi connectivity index (χ2n) is 7.27. The molecule has 0 spiro atoms. The smallest absolute Gasteiger partial charge is 0.308 e. The molecule has 10 heteroatoms. The minimum absolute atomic E-state index is 0.0498. The van der Waals surface area contributed by atoms with Crippen LogP contribution in [0.2, 0.25) is 0 Å². The summed E-state index contributed by atoms with van der Waals surface area (Å²) >= 11 is 1.36. The van der Waals surface area contributed by atoms with Crippen molar-refractivity contribution in [1.82, 2.24) is 19.9 Å². The number of hydrogen-bond donors (Lipinski definition) is 4. The Morgan fingerprint density at radius 1 is 1.41 bits per heavy atom. The fourth-order valence-corrected chi connectivity index (χ4v) is 4.84. The maximum Gasteiger partial charge on any atom is 0.308 e. The number of rotatable bonds is 4. The Balaban J connectivity index is 1.58. The first-order chi connectivity index (χ1) is 13.8. The number of H-pyrrole nitrogens is 2. The van der Waals surface area contributed by atoms with Gasteiger partial charge < -0.3 is 20.7 Å². The fraction of sp³-hybridized carbons (Fsp3) is 0.368. The van der Waals surface area contributed by atoms with E-state index in [2.05, 4.69) is 15.0 Å². The van der Waals surface area contributed by atoms with Gasteiger partial charge in [-0.3, -0.25) is 19.4 Å². The number of amides is 1. The van der Waals surface area contributed by atoms with Gasteiger partial charge in [0.1, 0.15) is 5.65 Å². The number of anilines is 1. The number of carboxylic acids is 1. The molecule has 1 saturated heterocycles. The Labute approximate surface area is 169 Å². The number of aliphatic carboxylic acids is 1. The highest BCUT2D eigenvalue weighted by Gasteiger charge is 2.29. The molecule has 4 rings (SSSR count). The second-order valence-corrected chi connectivity index (χ2v) is 8.39. The number of hydrogen-bond acceptors (Lipinski definition) is 6. The Hall–Kier alpha value is -3.14. The lowest BCUT2D eigenvalue weighted by Gasteiger charge is -2.30. The Kier molecular flexibility index (Phi) is 4.87. The van der Waals surface area contributed by atoms with Crippen LogP contribution in [-0.4, -0.2) is 49.9 Å². The van der Waals surface area contributed by atoms with Crippen molar-refractivity contribution in [1.29, 1.82) is 0 Å². The van der Waals surface area contributed by atoms with Gasteiger partial charge in [-0.15, -0.1) is 11.3 Å². The van der Waals surface area contributed by atoms with Crippen LogP contribution >= 0.6 is 11.3 Å². The lowest BCUT2D eigenvalue weighted by molar-refractivity contribution is -0.143. The molecule has 4 heterocycles. The number of likely N-dealkylation sites (tertiary alicyclic amines) is 1. The number of nitrogen functional groups attached to an aromatic ring is 1. The first-order valence-electron chi connectivity index (χ1n) is 9.33. The summed E-state index contributed by atoms with van der Waals surface area (Å²) < 4.78 is 0. The summed E-state index contributed by atoms with van der Waals surface area (Å²) in [5.41, 5.74) is 6.49. The van der Waals surface area contributed by atoms with Crippen LogP contribution in [-0.2, 0) is 4.79 Å². The topological polar surface area (TPSA) is 145 Å². The van der Waals surface area contributed by atoms with Crippen molar-refractivity contribution < 1.29 is 14.7 Å². The molecule has 0 saturated carbocycles. The predicted octanol–water partition coefficient (Wildman–Crippen LogP) is 1.98. The van der Waals surface area contributed by atoms with Crippen molar-refractivity contribution in [3.63, 3.8) is 0 Å². The van der Waals surface area contributed by atoms with Gasteiger partial charge in [0, 0.05) is 30.1 Å². The molecule has 2 unspecified atom stereocenters. The third-order valence-corrected chi connectivity index (χ3v) is 6.64. The van der Waals surface area contributed by atoms with Gasteiger partial charge in [-0.2, -0.15) is 4.98 Å². The summed E-state index contributed by atoms with van der Waals surface area (Å²) in [6, 6.07) is 3.64. The lowest BCUT2D eigenvalue weighted by atomic mass is 9.98. The molecule has 2 atom stereocenters. The highest BCUT2D eigenvalue weighted by molar-refractivity contribution is 7.14. The van der Waals surface area contributed by atoms with E-state index < -0.39 is 11.9 Å². The Bertz CT molecular complexity index is 1150. The van der Waals surface area contributed by atoms with Gasteiger partial charge in [-0.05, 0) is 30.5 Å². The number of thiophene rings is 1. The van der Waals surface area contributed by atoms with Gasteiger partial charge in [0.2, 0.25) is 5.95 Å². The normalized spacial score (nSPS) is 18.1. The monoisotopic (exact) mass is 415 g/mol. The third-order valence-electron chi connectivity index (χ3n) is 5.38. The van der Waals surface area contributed by atoms with Crippen LogP contribution in [0.3, 0.4) is 0 Å². The molecule has 1 fully saturated rings. The number of nitrogens with two attached hydrogens (primary N) is 1. The second kappa shape index (κ2) is 7.36. The number of aromatic amines is 2. The largest absolute Gasteiger partial charge is 0.481 e. The van der Waals surface area contributed by atoms with Crippen molar-refractivity contribution in [3.8, 4) is 0 Å². The van der Waals surface area contributed by atoms with E-state index in [-0.39, 0.29) is 29.9 Å². The summed E-state index contributed by atoms with van der Waals surface area (Å²) in [6.07, 6.45) is 3.02. The Morgan fingerprint density at radius 3 is 2.97 bits per heavy atom. The van der Waals surface area contributed by atoms with Crippen molar-refractivity contribution in [2.75, 3.05) is 18.8 Å². The van der Waals surface area contributed by atoms with Gasteiger partial charge >= 0.3 is 5.97 Å². The number of piperidine rings is 1. The zero-order valence-electron chi connectivity index (χ0n) is 15.8. The first-order valence-corrected chi connectivity index (χ1v) is 10.2. The van der Waals surface area contributed by atoms with E-state index in [0.29, 0.717) is 35.3 Å². The number of carbonyl (C=O) groups excluding carboxylic acids is 1. The van der Waals surface area contributed by atoms with E-state index in [9.17, 15) is 19.5 Å². The average Bonchev–Trinajstić information content (AvgIpc) is 3.34. The van der Waals surface area contributed by atoms with E-state index in [1.54, 1.807) is 17.2 Å². The molecule has 1 amide bonds. The number of fused-ring (bicyclic) bond motifs is 1. The van der Waals surface area contributed by atoms with E-state index in [1.165, 1.54) is 11.3 Å². The van der Waals surface area contributed by atoms with Gasteiger partial charge in [0.15, 0.2) is 0 Å². The molecule has 3 aromatic rings. The summed E-state index contributed by atoms with van der Waals surface area (Å²) in [6.45, 7) is 2.76. The maximum absolute atomic E-state index is 12.9. The highest BCUT2D eigenvalue weighted by atomic mass is 32.1. The van der Waals surface area contributed by atoms with Crippen LogP contribution in [0.4, 0.5) is 5.95 Å². The number of nitrogens with zero attached hydrogens (tertiary/aromatic N) is 2. The molecule has 1 aliphatic heterocycles. The summed E-state index contributed by atoms with van der Waals surface area (Å²) in [5, 5.41) is 9.69. The van der Waals surface area contributed by atoms with Gasteiger partial charge in [-0.25, -0.2) is 0 Å². The minimum atomic E-state index is -0.859. The number of carboxylic acid groups (broad SMARTS) is 1. The quantitative estimate of drug-likeness (QED) is 0.513. The summed E-state index contributed by atoms with van der Waals surface area (Å²) in [7, 11) is 0. The van der Waals surface area contributed by atoms with Crippen LogP contribution in [0.25, 0.3) is 11.0 Å². The predicted molar refractivity (Wildman–Crippen MR) is 109 cm³/mol. The van der Waals surface area contributed by atoms with Crippen LogP contribution in [0.1, 0.15) is 45.8 Å². The maximum atomic E-state index is 12.9. The van der Waals surface area contributed by atoms with Crippen molar-refractivity contribution in [2.45, 2.75) is 25.7 Å². The van der Waals surface area contributed by atoms with Crippen molar-refractivity contribution >= 4 is 40.2 Å². The molecule has 9 nitrogen and oxygen atoms in total. The zero-order chi connectivity index (χ0) is 20.7.